The van der Waals surface area contributed by atoms with Crippen molar-refractivity contribution in [2.24, 2.45) is 0 Å². The van der Waals surface area contributed by atoms with Crippen LogP contribution in [0.3, 0.4) is 0 Å². The van der Waals surface area contributed by atoms with Gasteiger partial charge >= 0.3 is 5.97 Å². The van der Waals surface area contributed by atoms with Gasteiger partial charge in [0, 0.05) is 5.56 Å². The van der Waals surface area contributed by atoms with Gasteiger partial charge in [0.15, 0.2) is 0 Å². The average molecular weight is 310 g/mol. The molecule has 0 unspecified atom stereocenters. The zero-order valence-electron chi connectivity index (χ0n) is 11.5. The lowest BCUT2D eigenvalue weighted by Gasteiger charge is -2.09. The molecule has 1 heterocycles. The van der Waals surface area contributed by atoms with Crippen molar-refractivity contribution in [2.75, 3.05) is 7.11 Å². The van der Waals surface area contributed by atoms with E-state index >= 15 is 0 Å². The van der Waals surface area contributed by atoms with Crippen molar-refractivity contribution in [1.82, 2.24) is 0 Å². The Labute approximate surface area is 121 Å². The number of furan rings is 1. The van der Waals surface area contributed by atoms with E-state index in [1.807, 2.05) is 13.0 Å². The lowest BCUT2D eigenvalue weighted by molar-refractivity contribution is 0.0656. The van der Waals surface area contributed by atoms with E-state index in [0.29, 0.717) is 11.3 Å². The van der Waals surface area contributed by atoms with Crippen LogP contribution in [-0.2, 0) is 15.6 Å². The maximum atomic E-state index is 12.3. The van der Waals surface area contributed by atoms with Crippen molar-refractivity contribution < 1.29 is 27.5 Å². The number of rotatable bonds is 5. The number of aromatic carboxylic acids is 1. The molecule has 7 heteroatoms. The summed E-state index contributed by atoms with van der Waals surface area (Å²) in [7, 11) is -2.33. The van der Waals surface area contributed by atoms with E-state index in [2.05, 4.69) is 0 Å². The lowest BCUT2D eigenvalue weighted by Crippen LogP contribution is -2.06. The predicted octanol–water partition coefficient (Wildman–Crippen LogP) is 2.27. The second-order valence-corrected chi connectivity index (χ2v) is 6.42. The van der Waals surface area contributed by atoms with Gasteiger partial charge in [0.2, 0.25) is 20.7 Å². The first-order valence-corrected chi connectivity index (χ1v) is 7.68. The number of carboxylic acids is 1. The van der Waals surface area contributed by atoms with Gasteiger partial charge in [-0.2, -0.15) is 0 Å². The van der Waals surface area contributed by atoms with Gasteiger partial charge in [0.05, 0.1) is 12.9 Å². The van der Waals surface area contributed by atoms with Crippen LogP contribution in [0.5, 0.6) is 5.75 Å². The number of carbonyl (C=O) groups is 1. The molecule has 2 aromatic rings. The number of hydrogen-bond donors (Lipinski definition) is 1. The van der Waals surface area contributed by atoms with Crippen LogP contribution in [0.15, 0.2) is 39.8 Å². The van der Waals surface area contributed by atoms with Crippen LogP contribution in [0.4, 0.5) is 0 Å². The first kappa shape index (κ1) is 15.1. The molecule has 0 aliphatic carbocycles. The summed E-state index contributed by atoms with van der Waals surface area (Å²) in [6.45, 7) is 1.84. The first-order chi connectivity index (χ1) is 9.83. The summed E-state index contributed by atoms with van der Waals surface area (Å²) in [6.07, 6.45) is 0. The Morgan fingerprint density at radius 1 is 1.29 bits per heavy atom. The fraction of sp³-hybridized carbons (Fsp3) is 0.214. The van der Waals surface area contributed by atoms with Gasteiger partial charge < -0.3 is 14.3 Å². The summed E-state index contributed by atoms with van der Waals surface area (Å²) < 4.78 is 34.5. The van der Waals surface area contributed by atoms with Crippen molar-refractivity contribution in [1.29, 1.82) is 0 Å². The molecule has 1 aromatic heterocycles. The van der Waals surface area contributed by atoms with Gasteiger partial charge in [-0.15, -0.1) is 0 Å². The minimum atomic E-state index is -3.79. The number of ether oxygens (including phenoxy) is 1. The van der Waals surface area contributed by atoms with Gasteiger partial charge in [-0.1, -0.05) is 17.7 Å². The van der Waals surface area contributed by atoms with E-state index < -0.39 is 21.6 Å². The normalized spacial score (nSPS) is 11.3. The molecule has 0 radical (unpaired) electrons. The molecule has 1 aromatic carbocycles. The summed E-state index contributed by atoms with van der Waals surface area (Å²) in [6, 6.07) is 7.45. The van der Waals surface area contributed by atoms with Crippen LogP contribution in [0.1, 0.15) is 21.7 Å². The standard InChI is InChI=1S/C14H14O6S/c1-9-3-4-11(19-2)10(7-9)8-21(17,18)13-6-5-12(20-13)14(15)16/h3-7H,8H2,1-2H3,(H,15,16). The molecule has 0 aliphatic rings. The Morgan fingerprint density at radius 3 is 2.57 bits per heavy atom. The highest BCUT2D eigenvalue weighted by molar-refractivity contribution is 7.90. The number of benzene rings is 1. The number of carboxylic acid groups (broad SMARTS) is 1. The SMILES string of the molecule is COc1ccc(C)cc1CS(=O)(=O)c1ccc(C(=O)O)o1. The number of sulfone groups is 1. The minimum absolute atomic E-state index is 0.329. The molecule has 0 aliphatic heterocycles. The van der Waals surface area contributed by atoms with E-state index in [0.717, 1.165) is 17.7 Å². The first-order valence-electron chi connectivity index (χ1n) is 6.03. The highest BCUT2D eigenvalue weighted by Gasteiger charge is 2.23. The number of aryl methyl sites for hydroxylation is 1. The van der Waals surface area contributed by atoms with Crippen molar-refractivity contribution >= 4 is 15.8 Å². The van der Waals surface area contributed by atoms with Crippen LogP contribution in [0.2, 0.25) is 0 Å². The zero-order valence-corrected chi connectivity index (χ0v) is 12.3. The molecule has 1 N–H and O–H groups in total. The van der Waals surface area contributed by atoms with Crippen molar-refractivity contribution in [3.8, 4) is 5.75 Å². The molecule has 0 atom stereocenters. The Kier molecular flexibility index (Phi) is 4.04. The second-order valence-electron chi connectivity index (χ2n) is 4.50. The summed E-state index contributed by atoms with van der Waals surface area (Å²) in [5.41, 5.74) is 1.39. The summed E-state index contributed by atoms with van der Waals surface area (Å²) in [4.78, 5) is 10.7. The maximum Gasteiger partial charge on any atom is 0.371 e. The quantitative estimate of drug-likeness (QED) is 0.910. The summed E-state index contributed by atoms with van der Waals surface area (Å²) in [5, 5.41) is 8.39. The highest BCUT2D eigenvalue weighted by Crippen LogP contribution is 2.26. The third-order valence-electron chi connectivity index (χ3n) is 2.88. The van der Waals surface area contributed by atoms with E-state index in [4.69, 9.17) is 14.3 Å². The zero-order chi connectivity index (χ0) is 15.6. The van der Waals surface area contributed by atoms with Gasteiger partial charge in [-0.05, 0) is 25.1 Å². The topological polar surface area (TPSA) is 93.8 Å². The molecule has 21 heavy (non-hydrogen) atoms. The molecule has 0 amide bonds. The van der Waals surface area contributed by atoms with E-state index in [1.165, 1.54) is 7.11 Å². The van der Waals surface area contributed by atoms with Crippen molar-refractivity contribution in [3.05, 3.63) is 47.2 Å². The third kappa shape index (κ3) is 3.25. The number of hydrogen-bond acceptors (Lipinski definition) is 5. The minimum Gasteiger partial charge on any atom is -0.496 e. The lowest BCUT2D eigenvalue weighted by atomic mass is 10.1. The maximum absolute atomic E-state index is 12.3. The smallest absolute Gasteiger partial charge is 0.371 e. The molecular formula is C14H14O6S. The molecule has 0 saturated heterocycles. The summed E-state index contributed by atoms with van der Waals surface area (Å²) in [5.74, 6) is -1.60. The molecule has 2 rings (SSSR count). The summed E-state index contributed by atoms with van der Waals surface area (Å²) >= 11 is 0. The van der Waals surface area contributed by atoms with Gasteiger partial charge in [0.25, 0.3) is 0 Å². The number of methoxy groups -OCH3 is 1. The van der Waals surface area contributed by atoms with Crippen LogP contribution < -0.4 is 4.74 Å². The molecule has 0 fully saturated rings. The van der Waals surface area contributed by atoms with Crippen LogP contribution >= 0.6 is 0 Å². The van der Waals surface area contributed by atoms with E-state index in [9.17, 15) is 13.2 Å². The monoisotopic (exact) mass is 310 g/mol. The average Bonchev–Trinajstić information content (AvgIpc) is 2.89. The van der Waals surface area contributed by atoms with Gasteiger partial charge in [0.1, 0.15) is 5.75 Å². The Balaban J connectivity index is 2.37. The molecule has 0 saturated carbocycles. The molecule has 0 spiro atoms. The Bertz CT molecular complexity index is 773. The third-order valence-corrected chi connectivity index (χ3v) is 4.40. The van der Waals surface area contributed by atoms with Crippen LogP contribution in [-0.4, -0.2) is 26.6 Å². The van der Waals surface area contributed by atoms with Crippen molar-refractivity contribution in [3.63, 3.8) is 0 Å². The van der Waals surface area contributed by atoms with E-state index in [1.54, 1.807) is 12.1 Å². The Morgan fingerprint density at radius 2 is 2.00 bits per heavy atom. The Hall–Kier alpha value is -2.28. The van der Waals surface area contributed by atoms with Crippen molar-refractivity contribution in [2.45, 2.75) is 17.8 Å². The fourth-order valence-electron chi connectivity index (χ4n) is 1.90. The van der Waals surface area contributed by atoms with Gasteiger partial charge in [-0.25, -0.2) is 13.2 Å². The van der Waals surface area contributed by atoms with Gasteiger partial charge in [-0.3, -0.25) is 0 Å². The second kappa shape index (κ2) is 5.61. The largest absolute Gasteiger partial charge is 0.496 e. The molecule has 112 valence electrons. The molecule has 6 nitrogen and oxygen atoms in total. The highest BCUT2D eigenvalue weighted by atomic mass is 32.2. The van der Waals surface area contributed by atoms with Crippen LogP contribution in [0, 0.1) is 6.92 Å². The van der Waals surface area contributed by atoms with E-state index in [-0.39, 0.29) is 10.8 Å². The fourth-order valence-corrected chi connectivity index (χ4v) is 3.17. The molecule has 0 bridgehead atoms. The molecular weight excluding hydrogens is 296 g/mol. The van der Waals surface area contributed by atoms with Crippen LogP contribution in [0.25, 0.3) is 0 Å². The predicted molar refractivity (Wildman–Crippen MR) is 74.3 cm³/mol.